The largest absolute Gasteiger partial charge is 0.458 e. The van der Waals surface area contributed by atoms with Crippen molar-refractivity contribution in [1.29, 1.82) is 0 Å². The third-order valence-corrected chi connectivity index (χ3v) is 17.3. The lowest BCUT2D eigenvalue weighted by atomic mass is 9.81. The van der Waals surface area contributed by atoms with E-state index in [2.05, 4.69) is 31.9 Å². The average Bonchev–Trinajstić information content (AvgIpc) is 1.64. The second-order valence-corrected chi connectivity index (χ2v) is 24.8. The van der Waals surface area contributed by atoms with Gasteiger partial charge in [0.15, 0.2) is 11.4 Å². The molecule has 5 atom stereocenters. The van der Waals surface area contributed by atoms with Gasteiger partial charge < -0.3 is 55.8 Å². The van der Waals surface area contributed by atoms with Gasteiger partial charge in [0, 0.05) is 54.3 Å². The van der Waals surface area contributed by atoms with E-state index in [9.17, 15) is 48.3 Å². The topological polar surface area (TPSA) is 304 Å². The van der Waals surface area contributed by atoms with Gasteiger partial charge in [-0.3, -0.25) is 33.6 Å². The molecule has 6 aromatic rings. The number of halogens is 1. The van der Waals surface area contributed by atoms with Crippen LogP contribution >= 0.6 is 0 Å². The van der Waals surface area contributed by atoms with Crippen LogP contribution in [0.25, 0.3) is 33.4 Å². The first-order valence-corrected chi connectivity index (χ1v) is 30.5. The molecule has 1 saturated heterocycles. The molecule has 0 radical (unpaired) electrons. The zero-order valence-corrected chi connectivity index (χ0v) is 51.3. The molecular formula is C67H72FN9O14. The number of hydrogen-bond donors (Lipinski definition) is 7. The summed E-state index contributed by atoms with van der Waals surface area (Å²) >= 11 is 0. The summed E-state index contributed by atoms with van der Waals surface area (Å²) in [6.07, 6.45) is -0.00981. The van der Waals surface area contributed by atoms with E-state index >= 15 is 4.39 Å². The second kappa shape index (κ2) is 25.5. The molecule has 1 unspecified atom stereocenters. The van der Waals surface area contributed by atoms with Crippen molar-refractivity contribution >= 4 is 58.4 Å². The Morgan fingerprint density at radius 3 is 2.23 bits per heavy atom. The highest BCUT2D eigenvalue weighted by Crippen LogP contribution is 2.47. The van der Waals surface area contributed by atoms with Crippen molar-refractivity contribution in [3.05, 3.63) is 157 Å². The molecule has 0 spiro atoms. The van der Waals surface area contributed by atoms with E-state index in [1.807, 2.05) is 48.5 Å². The lowest BCUT2D eigenvalue weighted by Crippen LogP contribution is -2.62. The molecule has 11 rings (SSSR count). The number of nitrogens with zero attached hydrogens (tertiary/aromatic N) is 3. The maximum Gasteiger partial charge on any atom is 0.407 e. The number of carbonyl (C=O) groups is 8. The number of aryl methyl sites for hydroxylation is 1. The predicted octanol–water partition coefficient (Wildman–Crippen LogP) is 5.09. The smallest absolute Gasteiger partial charge is 0.407 e. The normalized spacial score (nSPS) is 19.8. The van der Waals surface area contributed by atoms with Crippen LogP contribution in [0.2, 0.25) is 0 Å². The number of ether oxygens (including phenoxy) is 3. The first kappa shape index (κ1) is 63.2. The number of hydroxylamine groups is 2. The molecule has 7 amide bonds. The summed E-state index contributed by atoms with van der Waals surface area (Å²) < 4.78 is 34.2. The van der Waals surface area contributed by atoms with E-state index in [1.54, 1.807) is 77.9 Å². The van der Waals surface area contributed by atoms with Gasteiger partial charge in [-0.25, -0.2) is 28.9 Å². The van der Waals surface area contributed by atoms with Gasteiger partial charge in [0.05, 0.1) is 53.7 Å². The molecule has 23 nitrogen and oxygen atoms in total. The standard InChI is InChI=1S/C67H72FN9O14/c1-7-67(87)46-27-52-59-43(32-76(52)61(83)45(46)35-88-63(67)85)58-48(24-23-38-36(2)47(68)28-49(74-59)57(38)58)72-53(78)22-15-25-69-54(79)30-71-60(82)50(26-37-16-9-8-10-17-37)73-55(80)31-70-56(81)33-77-62(84)51(29-66(6,91-77)90-65(3,4)5)75-64(86)89-34-44-41-20-13-11-18-39(41)40-19-12-14-21-42(40)44/h8-14,16-21,27-28,44,48,50-51,87H,7,15,22-26,29-35H2,1-6H3,(H,69,79)(H,70,81)(H,71,82)(H,72,78)(H,73,80)(H,75,86)/t48-,50-,51-,66?,67-/m0/s1. The van der Waals surface area contributed by atoms with Gasteiger partial charge in [0.1, 0.15) is 37.7 Å². The van der Waals surface area contributed by atoms with E-state index in [0.717, 1.165) is 32.9 Å². The number of hydrogen-bond acceptors (Lipinski definition) is 15. The summed E-state index contributed by atoms with van der Waals surface area (Å²) in [5, 5.41) is 29.0. The SMILES string of the molecule is CC[C@@]1(O)C(=O)OCc2c1cc1n(c2=O)Cc2c-1nc1cc(F)c(C)c3c1c2[C@@H](NC(=O)CCCNC(=O)CNC(=O)[C@H](Cc1ccccc1)NC(=O)CNC(=O)CN1OC(C)(OC(C)(C)C)C[C@H](NC(=O)OCC2c4ccccc4-c4ccccc42)C1=O)CC3. The third-order valence-electron chi connectivity index (χ3n) is 17.3. The van der Waals surface area contributed by atoms with E-state index < -0.39 is 108 Å². The van der Waals surface area contributed by atoms with Crippen LogP contribution < -0.4 is 37.5 Å². The van der Waals surface area contributed by atoms with Crippen LogP contribution in [0.15, 0.2) is 95.8 Å². The Kier molecular flexibility index (Phi) is 17.7. The van der Waals surface area contributed by atoms with Crippen LogP contribution in [-0.2, 0) is 84.2 Å². The molecule has 476 valence electrons. The number of aliphatic hydroxyl groups is 1. The summed E-state index contributed by atoms with van der Waals surface area (Å²) in [5.74, 6) is -7.06. The number of aromatic nitrogens is 2. The summed E-state index contributed by atoms with van der Waals surface area (Å²) in [4.78, 5) is 133. The minimum Gasteiger partial charge on any atom is -0.458 e. The third kappa shape index (κ3) is 13.0. The molecule has 5 heterocycles. The Bertz CT molecular complexity index is 3970. The molecule has 91 heavy (non-hydrogen) atoms. The van der Waals surface area contributed by atoms with E-state index in [-0.39, 0.29) is 81.4 Å². The lowest BCUT2D eigenvalue weighted by molar-refractivity contribution is -0.363. The summed E-state index contributed by atoms with van der Waals surface area (Å²) in [6, 6.07) is 24.4. The average molecular weight is 1250 g/mol. The van der Waals surface area contributed by atoms with Crippen LogP contribution in [0.4, 0.5) is 9.18 Å². The van der Waals surface area contributed by atoms with Gasteiger partial charge in [0.25, 0.3) is 11.5 Å². The zero-order valence-electron chi connectivity index (χ0n) is 51.3. The maximum atomic E-state index is 15.5. The Hall–Kier alpha value is -9.39. The highest BCUT2D eigenvalue weighted by molar-refractivity contribution is 5.96. The summed E-state index contributed by atoms with van der Waals surface area (Å²) in [7, 11) is 0. The number of amides is 7. The number of cyclic esters (lactones) is 1. The molecule has 0 bridgehead atoms. The number of carbonyl (C=O) groups excluding carboxylic acids is 8. The molecule has 5 aliphatic rings. The van der Waals surface area contributed by atoms with Crippen molar-refractivity contribution in [3.8, 4) is 22.5 Å². The molecule has 24 heteroatoms. The zero-order chi connectivity index (χ0) is 64.7. The fraction of sp³-hybridized carbons (Fsp3) is 0.403. The van der Waals surface area contributed by atoms with Gasteiger partial charge in [0.2, 0.25) is 29.5 Å². The van der Waals surface area contributed by atoms with Crippen molar-refractivity contribution in [2.45, 2.75) is 141 Å². The predicted molar refractivity (Wildman–Crippen MR) is 327 cm³/mol. The van der Waals surface area contributed by atoms with E-state index in [0.29, 0.717) is 57.4 Å². The molecule has 0 saturated carbocycles. The molecule has 2 aromatic heterocycles. The maximum absolute atomic E-state index is 15.5. The minimum absolute atomic E-state index is 0.00867. The van der Waals surface area contributed by atoms with Crippen molar-refractivity contribution in [2.75, 3.05) is 32.8 Å². The van der Waals surface area contributed by atoms with Crippen LogP contribution in [-0.4, -0.2) is 123 Å². The second-order valence-electron chi connectivity index (χ2n) is 24.8. The first-order chi connectivity index (χ1) is 43.4. The van der Waals surface area contributed by atoms with Crippen LogP contribution in [0.1, 0.15) is 129 Å². The number of rotatable bonds is 20. The van der Waals surface area contributed by atoms with Gasteiger partial charge in [-0.1, -0.05) is 85.8 Å². The van der Waals surface area contributed by atoms with Gasteiger partial charge >= 0.3 is 12.1 Å². The molecule has 1 fully saturated rings. The number of nitrogens with one attached hydrogen (secondary N) is 6. The number of pyridine rings is 2. The Morgan fingerprint density at radius 1 is 0.835 bits per heavy atom. The Morgan fingerprint density at radius 2 is 1.53 bits per heavy atom. The van der Waals surface area contributed by atoms with Crippen LogP contribution in [0.3, 0.4) is 0 Å². The number of esters is 1. The summed E-state index contributed by atoms with van der Waals surface area (Å²) in [5.41, 5.74) is 5.35. The number of fused-ring (bicyclic) bond motifs is 8. The highest BCUT2D eigenvalue weighted by atomic mass is 19.1. The number of benzene rings is 4. The van der Waals surface area contributed by atoms with E-state index in [4.69, 9.17) is 24.0 Å². The Balaban J connectivity index is 0.669. The van der Waals surface area contributed by atoms with Crippen molar-refractivity contribution < 1.29 is 66.9 Å². The summed E-state index contributed by atoms with van der Waals surface area (Å²) in [6.45, 7) is 8.19. The van der Waals surface area contributed by atoms with Gasteiger partial charge in [-0.2, -0.15) is 0 Å². The quantitative estimate of drug-likeness (QED) is 0.0386. The molecule has 2 aliphatic carbocycles. The van der Waals surface area contributed by atoms with Gasteiger partial charge in [-0.05, 0) is 111 Å². The van der Waals surface area contributed by atoms with Crippen molar-refractivity contribution in [3.63, 3.8) is 0 Å². The minimum atomic E-state index is -2.05. The monoisotopic (exact) mass is 1250 g/mol. The first-order valence-electron chi connectivity index (χ1n) is 30.5. The fourth-order valence-corrected chi connectivity index (χ4v) is 13.1. The molecule has 7 N–H and O–H groups in total. The Labute approximate surface area is 523 Å². The fourth-order valence-electron chi connectivity index (χ4n) is 13.1. The van der Waals surface area contributed by atoms with Crippen molar-refractivity contribution in [1.82, 2.24) is 46.5 Å². The number of alkyl carbamates (subject to hydrolysis) is 1. The molecule has 4 aromatic carbocycles. The lowest BCUT2D eigenvalue weighted by Gasteiger charge is -2.44. The molecular weight excluding hydrogens is 1170 g/mol. The van der Waals surface area contributed by atoms with Crippen LogP contribution in [0.5, 0.6) is 0 Å². The van der Waals surface area contributed by atoms with Crippen molar-refractivity contribution in [2.24, 2.45) is 0 Å². The van der Waals surface area contributed by atoms with E-state index in [1.165, 1.54) is 10.6 Å². The van der Waals surface area contributed by atoms with Gasteiger partial charge in [-0.15, -0.1) is 0 Å². The molecule has 3 aliphatic heterocycles. The highest BCUT2D eigenvalue weighted by Gasteiger charge is 2.49. The van der Waals surface area contributed by atoms with Crippen LogP contribution in [0, 0.1) is 12.7 Å².